The van der Waals surface area contributed by atoms with Gasteiger partial charge in [0.2, 0.25) is 0 Å². The maximum Gasteiger partial charge on any atom is 0.264 e. The molecule has 0 N–H and O–H groups in total. The summed E-state index contributed by atoms with van der Waals surface area (Å²) in [6.45, 7) is 5.11. The van der Waals surface area contributed by atoms with E-state index in [1.165, 1.54) is 0 Å². The molecule has 15 heavy (non-hydrogen) atoms. The highest BCUT2D eigenvalue weighted by Crippen LogP contribution is 2.15. The Balaban J connectivity index is 2.99. The summed E-state index contributed by atoms with van der Waals surface area (Å²) >= 11 is 6.66. The van der Waals surface area contributed by atoms with Crippen molar-refractivity contribution in [1.29, 1.82) is 0 Å². The third kappa shape index (κ3) is 3.45. The van der Waals surface area contributed by atoms with Gasteiger partial charge in [0.1, 0.15) is 0 Å². The van der Waals surface area contributed by atoms with E-state index in [9.17, 15) is 4.79 Å². The maximum absolute atomic E-state index is 11.8. The Morgan fingerprint density at radius 3 is 2.47 bits per heavy atom. The largest absolute Gasteiger partial charge is 0.313 e. The van der Waals surface area contributed by atoms with E-state index in [0.717, 1.165) is 23.9 Å². The van der Waals surface area contributed by atoms with Gasteiger partial charge < -0.3 is 4.57 Å². The molecule has 0 aromatic carbocycles. The van der Waals surface area contributed by atoms with Crippen LogP contribution < -0.4 is 5.56 Å². The maximum atomic E-state index is 11.8. The van der Waals surface area contributed by atoms with Crippen LogP contribution in [0.25, 0.3) is 0 Å². The molecule has 1 aromatic rings. The summed E-state index contributed by atoms with van der Waals surface area (Å²) in [5.41, 5.74) is 0.0464. The first-order valence-electron chi connectivity index (χ1n) is 5.14. The van der Waals surface area contributed by atoms with Gasteiger partial charge in [0.05, 0.1) is 4.47 Å². The van der Waals surface area contributed by atoms with E-state index < -0.39 is 0 Å². The van der Waals surface area contributed by atoms with Crippen LogP contribution in [-0.4, -0.2) is 4.57 Å². The standard InChI is InChI=1S/C11H15Br2NO/c1-3-8(4-2)6-14-7-9(12)5-10(13)11(14)15/h5,7-8H,3-4,6H2,1-2H3. The molecule has 0 saturated carbocycles. The summed E-state index contributed by atoms with van der Waals surface area (Å²) in [7, 11) is 0. The van der Waals surface area contributed by atoms with E-state index in [1.54, 1.807) is 10.6 Å². The van der Waals surface area contributed by atoms with Crippen LogP contribution in [0.5, 0.6) is 0 Å². The Labute approximate surface area is 107 Å². The molecule has 1 rings (SSSR count). The lowest BCUT2D eigenvalue weighted by atomic mass is 10.0. The molecule has 0 amide bonds. The second kappa shape index (κ2) is 5.85. The first kappa shape index (κ1) is 13.0. The van der Waals surface area contributed by atoms with Gasteiger partial charge in [0.25, 0.3) is 5.56 Å². The smallest absolute Gasteiger partial charge is 0.264 e. The molecule has 0 unspecified atom stereocenters. The fraction of sp³-hybridized carbons (Fsp3) is 0.545. The minimum Gasteiger partial charge on any atom is -0.313 e. The average Bonchev–Trinajstić information content (AvgIpc) is 2.21. The molecule has 0 aliphatic heterocycles. The van der Waals surface area contributed by atoms with Gasteiger partial charge >= 0.3 is 0 Å². The van der Waals surface area contributed by atoms with E-state index in [4.69, 9.17) is 0 Å². The second-order valence-electron chi connectivity index (χ2n) is 3.65. The number of nitrogens with zero attached hydrogens (tertiary/aromatic N) is 1. The van der Waals surface area contributed by atoms with Crippen molar-refractivity contribution >= 4 is 31.9 Å². The first-order chi connectivity index (χ1) is 7.08. The lowest BCUT2D eigenvalue weighted by molar-refractivity contribution is 0.411. The number of hydrogen-bond acceptors (Lipinski definition) is 1. The van der Waals surface area contributed by atoms with Gasteiger partial charge in [0, 0.05) is 17.2 Å². The summed E-state index contributed by atoms with van der Waals surface area (Å²) in [6, 6.07) is 1.78. The van der Waals surface area contributed by atoms with Crippen molar-refractivity contribution in [3.05, 3.63) is 31.6 Å². The third-order valence-corrected chi connectivity index (χ3v) is 3.62. The summed E-state index contributed by atoms with van der Waals surface area (Å²) in [6.07, 6.45) is 4.06. The quantitative estimate of drug-likeness (QED) is 0.819. The van der Waals surface area contributed by atoms with E-state index in [1.807, 2.05) is 6.20 Å². The molecule has 4 heteroatoms. The predicted octanol–water partition coefficient (Wildman–Crippen LogP) is 3.81. The zero-order valence-electron chi connectivity index (χ0n) is 8.96. The second-order valence-corrected chi connectivity index (χ2v) is 5.42. The number of rotatable bonds is 4. The molecule has 0 fully saturated rings. The van der Waals surface area contributed by atoms with Crippen LogP contribution in [0.15, 0.2) is 26.0 Å². The van der Waals surface area contributed by atoms with Crippen molar-refractivity contribution in [1.82, 2.24) is 4.57 Å². The average molecular weight is 337 g/mol. The molecule has 0 aliphatic rings. The zero-order chi connectivity index (χ0) is 11.4. The lowest BCUT2D eigenvalue weighted by Gasteiger charge is -2.14. The van der Waals surface area contributed by atoms with Crippen molar-refractivity contribution < 1.29 is 0 Å². The molecule has 0 atom stereocenters. The third-order valence-electron chi connectivity index (χ3n) is 2.62. The van der Waals surface area contributed by atoms with Gasteiger partial charge in [-0.15, -0.1) is 0 Å². The summed E-state index contributed by atoms with van der Waals surface area (Å²) < 4.78 is 3.31. The van der Waals surface area contributed by atoms with Crippen LogP contribution in [0.4, 0.5) is 0 Å². The normalized spacial score (nSPS) is 11.0. The molecule has 1 heterocycles. The highest BCUT2D eigenvalue weighted by molar-refractivity contribution is 9.11. The molecule has 84 valence electrons. The Kier molecular flexibility index (Phi) is 5.06. The van der Waals surface area contributed by atoms with Crippen molar-refractivity contribution in [2.45, 2.75) is 33.2 Å². The molecule has 0 bridgehead atoms. The van der Waals surface area contributed by atoms with Gasteiger partial charge in [0.15, 0.2) is 0 Å². The number of halogens is 2. The van der Waals surface area contributed by atoms with Gasteiger partial charge in [-0.25, -0.2) is 0 Å². The monoisotopic (exact) mass is 335 g/mol. The molecule has 1 aromatic heterocycles. The van der Waals surface area contributed by atoms with E-state index in [2.05, 4.69) is 45.7 Å². The van der Waals surface area contributed by atoms with Gasteiger partial charge in [-0.3, -0.25) is 4.79 Å². The zero-order valence-corrected chi connectivity index (χ0v) is 12.1. The summed E-state index contributed by atoms with van der Waals surface area (Å²) in [4.78, 5) is 11.8. The molecule has 0 radical (unpaired) electrons. The van der Waals surface area contributed by atoms with Crippen LogP contribution in [0.3, 0.4) is 0 Å². The minimum atomic E-state index is 0.0464. The molecule has 0 aliphatic carbocycles. The predicted molar refractivity (Wildman–Crippen MR) is 70.2 cm³/mol. The highest BCUT2D eigenvalue weighted by atomic mass is 79.9. The van der Waals surface area contributed by atoms with Crippen LogP contribution in [0.2, 0.25) is 0 Å². The van der Waals surface area contributed by atoms with Gasteiger partial charge in [-0.1, -0.05) is 26.7 Å². The van der Waals surface area contributed by atoms with Crippen molar-refractivity contribution in [2.24, 2.45) is 5.92 Å². The van der Waals surface area contributed by atoms with Crippen LogP contribution >= 0.6 is 31.9 Å². The van der Waals surface area contributed by atoms with Crippen LogP contribution in [0, 0.1) is 5.92 Å². The molecule has 0 spiro atoms. The fourth-order valence-electron chi connectivity index (χ4n) is 1.53. The first-order valence-corrected chi connectivity index (χ1v) is 6.72. The van der Waals surface area contributed by atoms with Crippen molar-refractivity contribution in [2.75, 3.05) is 0 Å². The molecule has 0 saturated heterocycles. The van der Waals surface area contributed by atoms with E-state index in [-0.39, 0.29) is 5.56 Å². The Hall–Kier alpha value is -0.0900. The molecular formula is C11H15Br2NO. The SMILES string of the molecule is CCC(CC)Cn1cc(Br)cc(Br)c1=O. The van der Waals surface area contributed by atoms with Gasteiger partial charge in [-0.2, -0.15) is 0 Å². The summed E-state index contributed by atoms with van der Waals surface area (Å²) in [5.74, 6) is 0.573. The lowest BCUT2D eigenvalue weighted by Crippen LogP contribution is -2.23. The fourth-order valence-corrected chi connectivity index (χ4v) is 2.78. The van der Waals surface area contributed by atoms with Crippen LogP contribution in [0.1, 0.15) is 26.7 Å². The topological polar surface area (TPSA) is 22.0 Å². The van der Waals surface area contributed by atoms with Gasteiger partial charge in [-0.05, 0) is 43.8 Å². The van der Waals surface area contributed by atoms with E-state index in [0.29, 0.717) is 10.4 Å². The number of aromatic nitrogens is 1. The van der Waals surface area contributed by atoms with Crippen LogP contribution in [-0.2, 0) is 6.54 Å². The Morgan fingerprint density at radius 2 is 1.93 bits per heavy atom. The van der Waals surface area contributed by atoms with Crippen molar-refractivity contribution in [3.8, 4) is 0 Å². The van der Waals surface area contributed by atoms with Crippen molar-refractivity contribution in [3.63, 3.8) is 0 Å². The highest BCUT2D eigenvalue weighted by Gasteiger charge is 2.08. The molecule has 2 nitrogen and oxygen atoms in total. The Bertz CT molecular complexity index is 383. The number of hydrogen-bond donors (Lipinski definition) is 0. The Morgan fingerprint density at radius 1 is 1.33 bits per heavy atom. The number of pyridine rings is 1. The molecular weight excluding hydrogens is 322 g/mol. The summed E-state index contributed by atoms with van der Waals surface area (Å²) in [5, 5.41) is 0. The van der Waals surface area contributed by atoms with E-state index >= 15 is 0 Å². The minimum absolute atomic E-state index is 0.0464.